The van der Waals surface area contributed by atoms with Crippen molar-refractivity contribution in [1.82, 2.24) is 5.32 Å². The van der Waals surface area contributed by atoms with Gasteiger partial charge in [-0.25, -0.2) is 9.18 Å². The Morgan fingerprint density at radius 2 is 1.73 bits per heavy atom. The smallest absolute Gasteiger partial charge is 0.328 e. The lowest BCUT2D eigenvalue weighted by molar-refractivity contribution is -0.147. The molecule has 6 nitrogen and oxygen atoms in total. The van der Waals surface area contributed by atoms with E-state index in [1.54, 1.807) is 6.92 Å². The molecule has 120 valence electrons. The summed E-state index contributed by atoms with van der Waals surface area (Å²) in [4.78, 5) is 35.2. The Balaban J connectivity index is 2.86. The predicted molar refractivity (Wildman–Crippen MR) is 75.5 cm³/mol. The number of rotatable bonds is 6. The number of benzene rings is 1. The van der Waals surface area contributed by atoms with Crippen LogP contribution in [0.4, 0.5) is 4.39 Å². The van der Waals surface area contributed by atoms with E-state index in [4.69, 9.17) is 0 Å². The number of carbonyl (C=O) groups is 3. The van der Waals surface area contributed by atoms with Crippen LogP contribution in [0, 0.1) is 11.7 Å². The zero-order valence-electron chi connectivity index (χ0n) is 12.6. The summed E-state index contributed by atoms with van der Waals surface area (Å²) in [6.07, 6.45) is -0.0143. The van der Waals surface area contributed by atoms with Crippen LogP contribution in [0.1, 0.15) is 23.7 Å². The van der Waals surface area contributed by atoms with Crippen molar-refractivity contribution < 1.29 is 28.2 Å². The summed E-state index contributed by atoms with van der Waals surface area (Å²) in [7, 11) is 2.39. The third-order valence-corrected chi connectivity index (χ3v) is 3.10. The van der Waals surface area contributed by atoms with E-state index in [1.165, 1.54) is 25.3 Å². The molecule has 1 rings (SSSR count). The first-order chi connectivity index (χ1) is 10.4. The summed E-state index contributed by atoms with van der Waals surface area (Å²) in [5.74, 6) is -3.33. The quantitative estimate of drug-likeness (QED) is 0.801. The van der Waals surface area contributed by atoms with Gasteiger partial charge in [0.2, 0.25) is 0 Å². The van der Waals surface area contributed by atoms with Gasteiger partial charge in [-0.3, -0.25) is 9.59 Å². The Labute approximate surface area is 127 Å². The van der Waals surface area contributed by atoms with E-state index in [0.717, 1.165) is 13.2 Å². The molecule has 1 N–H and O–H groups in total. The lowest BCUT2D eigenvalue weighted by Gasteiger charge is -2.19. The fourth-order valence-corrected chi connectivity index (χ4v) is 1.89. The van der Waals surface area contributed by atoms with Crippen molar-refractivity contribution in [3.05, 3.63) is 35.6 Å². The summed E-state index contributed by atoms with van der Waals surface area (Å²) < 4.78 is 22.7. The Kier molecular flexibility index (Phi) is 6.49. The van der Waals surface area contributed by atoms with Gasteiger partial charge in [-0.1, -0.05) is 19.1 Å². The standard InChI is InChI=1S/C15H18FNO5/c1-9(14(19)21-2)8-12(15(20)22-3)17-13(18)10-6-4-5-7-11(10)16/h4-7,9,12H,8H2,1-3H3,(H,17,18)/t9-,12-/m0/s1. The van der Waals surface area contributed by atoms with Crippen LogP contribution >= 0.6 is 0 Å². The van der Waals surface area contributed by atoms with Crippen LogP contribution in [0.5, 0.6) is 0 Å². The minimum absolute atomic E-state index is 0.0143. The van der Waals surface area contributed by atoms with Crippen molar-refractivity contribution in [3.8, 4) is 0 Å². The first-order valence-corrected chi connectivity index (χ1v) is 6.61. The van der Waals surface area contributed by atoms with Gasteiger partial charge in [0.05, 0.1) is 25.7 Å². The second-order valence-corrected chi connectivity index (χ2v) is 4.69. The molecule has 1 aromatic carbocycles. The fraction of sp³-hybridized carbons (Fsp3) is 0.400. The summed E-state index contributed by atoms with van der Waals surface area (Å²) in [5.41, 5.74) is -0.192. The number of halogens is 1. The number of hydrogen-bond acceptors (Lipinski definition) is 5. The molecule has 2 atom stereocenters. The molecule has 0 spiro atoms. The van der Waals surface area contributed by atoms with Gasteiger partial charge in [0.15, 0.2) is 0 Å². The van der Waals surface area contributed by atoms with Crippen LogP contribution < -0.4 is 5.32 Å². The van der Waals surface area contributed by atoms with Crippen LogP contribution in [-0.4, -0.2) is 38.1 Å². The second-order valence-electron chi connectivity index (χ2n) is 4.69. The molecule has 0 saturated carbocycles. The minimum atomic E-state index is -1.08. The van der Waals surface area contributed by atoms with Crippen LogP contribution in [0.15, 0.2) is 24.3 Å². The van der Waals surface area contributed by atoms with Gasteiger partial charge in [0, 0.05) is 0 Å². The molecule has 1 amide bonds. The maximum atomic E-state index is 13.6. The number of methoxy groups -OCH3 is 2. The van der Waals surface area contributed by atoms with Gasteiger partial charge in [-0.15, -0.1) is 0 Å². The van der Waals surface area contributed by atoms with Gasteiger partial charge in [0.25, 0.3) is 5.91 Å². The van der Waals surface area contributed by atoms with E-state index in [2.05, 4.69) is 14.8 Å². The lowest BCUT2D eigenvalue weighted by Crippen LogP contribution is -2.43. The fourth-order valence-electron chi connectivity index (χ4n) is 1.89. The number of esters is 2. The molecule has 0 heterocycles. The highest BCUT2D eigenvalue weighted by Crippen LogP contribution is 2.12. The lowest BCUT2D eigenvalue weighted by atomic mass is 10.0. The normalized spacial score (nSPS) is 12.9. The zero-order chi connectivity index (χ0) is 16.7. The van der Waals surface area contributed by atoms with E-state index in [1.807, 2.05) is 0 Å². The summed E-state index contributed by atoms with van der Waals surface area (Å²) in [6.45, 7) is 1.55. The van der Waals surface area contributed by atoms with Gasteiger partial charge < -0.3 is 14.8 Å². The molecule has 7 heteroatoms. The summed E-state index contributed by atoms with van der Waals surface area (Å²) in [5, 5.41) is 2.37. The maximum absolute atomic E-state index is 13.6. The van der Waals surface area contributed by atoms with Crippen LogP contribution in [0.2, 0.25) is 0 Å². The largest absolute Gasteiger partial charge is 0.469 e. The molecule has 0 unspecified atom stereocenters. The number of carbonyl (C=O) groups excluding carboxylic acids is 3. The number of amides is 1. The van der Waals surface area contributed by atoms with Crippen molar-refractivity contribution in [2.75, 3.05) is 14.2 Å². The Hall–Kier alpha value is -2.44. The number of ether oxygens (including phenoxy) is 2. The molecule has 22 heavy (non-hydrogen) atoms. The summed E-state index contributed by atoms with van der Waals surface area (Å²) >= 11 is 0. The van der Waals surface area contributed by atoms with Crippen molar-refractivity contribution in [1.29, 1.82) is 0 Å². The van der Waals surface area contributed by atoms with Gasteiger partial charge in [0.1, 0.15) is 11.9 Å². The molecule has 0 fully saturated rings. The van der Waals surface area contributed by atoms with Crippen LogP contribution in [0.3, 0.4) is 0 Å². The Morgan fingerprint density at radius 3 is 2.27 bits per heavy atom. The van der Waals surface area contributed by atoms with Gasteiger partial charge >= 0.3 is 11.9 Å². The van der Waals surface area contributed by atoms with Crippen molar-refractivity contribution in [3.63, 3.8) is 0 Å². The molecule has 0 aromatic heterocycles. The molecule has 0 aliphatic rings. The highest BCUT2D eigenvalue weighted by Gasteiger charge is 2.28. The molecular weight excluding hydrogens is 293 g/mol. The molecule has 0 aliphatic carbocycles. The third kappa shape index (κ3) is 4.54. The van der Waals surface area contributed by atoms with Crippen molar-refractivity contribution in [2.45, 2.75) is 19.4 Å². The molecule has 0 bridgehead atoms. The Bertz CT molecular complexity index is 561. The SMILES string of the molecule is COC(=O)[C@H](C[C@H](C)C(=O)OC)NC(=O)c1ccccc1F. The first-order valence-electron chi connectivity index (χ1n) is 6.61. The number of nitrogens with one attached hydrogen (secondary N) is 1. The van der Waals surface area contributed by atoms with E-state index in [-0.39, 0.29) is 12.0 Å². The first kappa shape index (κ1) is 17.6. The highest BCUT2D eigenvalue weighted by molar-refractivity contribution is 5.97. The van der Waals surface area contributed by atoms with Crippen LogP contribution in [-0.2, 0) is 19.1 Å². The second kappa shape index (κ2) is 8.11. The van der Waals surface area contributed by atoms with E-state index in [9.17, 15) is 18.8 Å². The third-order valence-electron chi connectivity index (χ3n) is 3.10. The average molecular weight is 311 g/mol. The van der Waals surface area contributed by atoms with Crippen molar-refractivity contribution >= 4 is 17.8 Å². The van der Waals surface area contributed by atoms with Crippen molar-refractivity contribution in [2.24, 2.45) is 5.92 Å². The predicted octanol–water partition coefficient (Wildman–Crippen LogP) is 1.30. The molecule has 0 radical (unpaired) electrons. The molecule has 1 aromatic rings. The zero-order valence-corrected chi connectivity index (χ0v) is 12.6. The van der Waals surface area contributed by atoms with E-state index < -0.39 is 35.6 Å². The molecular formula is C15H18FNO5. The summed E-state index contributed by atoms with van der Waals surface area (Å²) in [6, 6.07) is 4.30. The minimum Gasteiger partial charge on any atom is -0.469 e. The maximum Gasteiger partial charge on any atom is 0.328 e. The molecule has 0 aliphatic heterocycles. The van der Waals surface area contributed by atoms with Gasteiger partial charge in [-0.2, -0.15) is 0 Å². The topological polar surface area (TPSA) is 81.7 Å². The van der Waals surface area contributed by atoms with E-state index >= 15 is 0 Å². The number of hydrogen-bond donors (Lipinski definition) is 1. The van der Waals surface area contributed by atoms with Gasteiger partial charge in [-0.05, 0) is 18.6 Å². The molecule has 0 saturated heterocycles. The highest BCUT2D eigenvalue weighted by atomic mass is 19.1. The average Bonchev–Trinajstić information content (AvgIpc) is 2.52. The monoisotopic (exact) mass is 311 g/mol. The van der Waals surface area contributed by atoms with Crippen LogP contribution in [0.25, 0.3) is 0 Å². The Morgan fingerprint density at radius 1 is 1.14 bits per heavy atom. The van der Waals surface area contributed by atoms with E-state index in [0.29, 0.717) is 0 Å².